The largest absolute Gasteiger partial charge is 0.312 e. The van der Waals surface area contributed by atoms with Gasteiger partial charge in [-0.3, -0.25) is 0 Å². The number of likely N-dealkylation sites (N-methyl/N-ethyl adjacent to an activating group) is 1. The maximum atomic E-state index is 3.92. The van der Waals surface area contributed by atoms with Gasteiger partial charge in [0.25, 0.3) is 0 Å². The first kappa shape index (κ1) is 15.3. The number of hydrogen-bond donors (Lipinski definition) is 1. The summed E-state index contributed by atoms with van der Waals surface area (Å²) in [6.07, 6.45) is 14.2. The van der Waals surface area contributed by atoms with Gasteiger partial charge in [0.2, 0.25) is 0 Å². The SMILES string of the molecule is CCCNC(CC1CC1)C1(N(C)C)CCCCCC1. The molecular formula is C17H34N2. The van der Waals surface area contributed by atoms with E-state index >= 15 is 0 Å². The number of rotatable bonds is 7. The summed E-state index contributed by atoms with van der Waals surface area (Å²) in [6.45, 7) is 3.48. The average molecular weight is 266 g/mol. The molecule has 19 heavy (non-hydrogen) atoms. The maximum absolute atomic E-state index is 3.92. The van der Waals surface area contributed by atoms with Crippen molar-refractivity contribution >= 4 is 0 Å². The Labute approximate surface area is 120 Å². The molecule has 0 aliphatic heterocycles. The molecule has 0 spiro atoms. The Hall–Kier alpha value is -0.0800. The summed E-state index contributed by atoms with van der Waals surface area (Å²) in [6, 6.07) is 0.716. The van der Waals surface area contributed by atoms with E-state index in [0.29, 0.717) is 11.6 Å². The predicted octanol–water partition coefficient (Wildman–Crippen LogP) is 3.81. The van der Waals surface area contributed by atoms with Gasteiger partial charge in [0, 0.05) is 11.6 Å². The van der Waals surface area contributed by atoms with Gasteiger partial charge in [0.1, 0.15) is 0 Å². The van der Waals surface area contributed by atoms with Crippen molar-refractivity contribution in [2.45, 2.75) is 82.7 Å². The lowest BCUT2D eigenvalue weighted by molar-refractivity contribution is 0.0737. The normalized spacial score (nSPS) is 25.3. The fourth-order valence-corrected chi connectivity index (χ4v) is 3.95. The zero-order valence-electron chi connectivity index (χ0n) is 13.4. The maximum Gasteiger partial charge on any atom is 0.0356 e. The fourth-order valence-electron chi connectivity index (χ4n) is 3.95. The predicted molar refractivity (Wildman–Crippen MR) is 83.5 cm³/mol. The van der Waals surface area contributed by atoms with Gasteiger partial charge in [-0.1, -0.05) is 45.4 Å². The van der Waals surface area contributed by atoms with E-state index in [-0.39, 0.29) is 0 Å². The summed E-state index contributed by atoms with van der Waals surface area (Å²) < 4.78 is 0. The van der Waals surface area contributed by atoms with Crippen molar-refractivity contribution in [2.75, 3.05) is 20.6 Å². The van der Waals surface area contributed by atoms with Gasteiger partial charge < -0.3 is 10.2 Å². The van der Waals surface area contributed by atoms with Crippen molar-refractivity contribution in [3.8, 4) is 0 Å². The molecule has 1 N–H and O–H groups in total. The molecule has 0 aromatic carbocycles. The van der Waals surface area contributed by atoms with Gasteiger partial charge in [-0.15, -0.1) is 0 Å². The van der Waals surface area contributed by atoms with Gasteiger partial charge >= 0.3 is 0 Å². The summed E-state index contributed by atoms with van der Waals surface area (Å²) in [5.74, 6) is 1.02. The van der Waals surface area contributed by atoms with Crippen molar-refractivity contribution in [1.29, 1.82) is 0 Å². The van der Waals surface area contributed by atoms with Crippen molar-refractivity contribution in [1.82, 2.24) is 10.2 Å². The lowest BCUT2D eigenvalue weighted by Gasteiger charge is -2.46. The van der Waals surface area contributed by atoms with Crippen molar-refractivity contribution in [3.63, 3.8) is 0 Å². The van der Waals surface area contributed by atoms with Crippen LogP contribution in [0.5, 0.6) is 0 Å². The number of nitrogens with zero attached hydrogens (tertiary/aromatic N) is 1. The molecular weight excluding hydrogens is 232 g/mol. The van der Waals surface area contributed by atoms with Crippen LogP contribution in [0.1, 0.15) is 71.1 Å². The Balaban J connectivity index is 2.09. The third-order valence-corrected chi connectivity index (χ3v) is 5.42. The number of nitrogens with one attached hydrogen (secondary N) is 1. The van der Waals surface area contributed by atoms with Crippen molar-refractivity contribution in [3.05, 3.63) is 0 Å². The number of hydrogen-bond acceptors (Lipinski definition) is 2. The van der Waals surface area contributed by atoms with E-state index in [0.717, 1.165) is 5.92 Å². The second kappa shape index (κ2) is 7.08. The molecule has 2 fully saturated rings. The van der Waals surface area contributed by atoms with E-state index in [9.17, 15) is 0 Å². The van der Waals surface area contributed by atoms with E-state index in [2.05, 4.69) is 31.2 Å². The van der Waals surface area contributed by atoms with Gasteiger partial charge in [0.15, 0.2) is 0 Å². The van der Waals surface area contributed by atoms with Crippen molar-refractivity contribution in [2.24, 2.45) is 5.92 Å². The molecule has 112 valence electrons. The molecule has 0 saturated heterocycles. The van der Waals surface area contributed by atoms with Crippen LogP contribution in [-0.2, 0) is 0 Å². The molecule has 0 heterocycles. The van der Waals surface area contributed by atoms with E-state index < -0.39 is 0 Å². The Morgan fingerprint density at radius 3 is 2.21 bits per heavy atom. The molecule has 2 nitrogen and oxygen atoms in total. The highest BCUT2D eigenvalue weighted by Crippen LogP contribution is 2.41. The molecule has 0 aromatic heterocycles. The molecule has 1 unspecified atom stereocenters. The van der Waals surface area contributed by atoms with Gasteiger partial charge in [-0.2, -0.15) is 0 Å². The molecule has 1 atom stereocenters. The second-order valence-corrected chi connectivity index (χ2v) is 7.10. The summed E-state index contributed by atoms with van der Waals surface area (Å²) >= 11 is 0. The first-order chi connectivity index (χ1) is 9.19. The first-order valence-electron chi connectivity index (χ1n) is 8.60. The van der Waals surface area contributed by atoms with Gasteiger partial charge in [0.05, 0.1) is 0 Å². The van der Waals surface area contributed by atoms with Crippen LogP contribution >= 0.6 is 0 Å². The third kappa shape index (κ3) is 3.95. The minimum Gasteiger partial charge on any atom is -0.312 e. The van der Waals surface area contributed by atoms with E-state index in [1.54, 1.807) is 0 Å². The second-order valence-electron chi connectivity index (χ2n) is 7.10. The van der Waals surface area contributed by atoms with Crippen LogP contribution < -0.4 is 5.32 Å². The molecule has 0 amide bonds. The Bertz CT molecular complexity index is 250. The van der Waals surface area contributed by atoms with Crippen LogP contribution in [-0.4, -0.2) is 37.1 Å². The van der Waals surface area contributed by atoms with Gasteiger partial charge in [-0.05, 0) is 52.2 Å². The highest BCUT2D eigenvalue weighted by molar-refractivity contribution is 5.01. The summed E-state index contributed by atoms with van der Waals surface area (Å²) in [5.41, 5.74) is 0.425. The minimum atomic E-state index is 0.425. The summed E-state index contributed by atoms with van der Waals surface area (Å²) in [4.78, 5) is 2.56. The van der Waals surface area contributed by atoms with Crippen LogP contribution in [0.25, 0.3) is 0 Å². The van der Waals surface area contributed by atoms with Crippen molar-refractivity contribution < 1.29 is 0 Å². The van der Waals surface area contributed by atoms with Crippen LogP contribution in [0, 0.1) is 5.92 Å². The summed E-state index contributed by atoms with van der Waals surface area (Å²) in [7, 11) is 4.64. The molecule has 2 aliphatic rings. The highest BCUT2D eigenvalue weighted by Gasteiger charge is 2.42. The topological polar surface area (TPSA) is 15.3 Å². The van der Waals surface area contributed by atoms with Crippen LogP contribution in [0.4, 0.5) is 0 Å². The van der Waals surface area contributed by atoms with E-state index in [1.165, 1.54) is 70.8 Å². The average Bonchev–Trinajstić information content (AvgIpc) is 3.20. The van der Waals surface area contributed by atoms with Gasteiger partial charge in [-0.25, -0.2) is 0 Å². The molecule has 2 rings (SSSR count). The van der Waals surface area contributed by atoms with E-state index in [4.69, 9.17) is 0 Å². The van der Waals surface area contributed by atoms with Crippen LogP contribution in [0.3, 0.4) is 0 Å². The Morgan fingerprint density at radius 2 is 1.74 bits per heavy atom. The molecule has 0 aromatic rings. The lowest BCUT2D eigenvalue weighted by Crippen LogP contribution is -2.59. The Kier molecular flexibility index (Phi) is 5.70. The molecule has 2 heteroatoms. The zero-order chi connectivity index (χ0) is 13.7. The molecule has 0 radical (unpaired) electrons. The quantitative estimate of drug-likeness (QED) is 0.705. The molecule has 2 aliphatic carbocycles. The Morgan fingerprint density at radius 1 is 1.11 bits per heavy atom. The van der Waals surface area contributed by atoms with Crippen LogP contribution in [0.2, 0.25) is 0 Å². The minimum absolute atomic E-state index is 0.425. The summed E-state index contributed by atoms with van der Waals surface area (Å²) in [5, 5.41) is 3.92. The third-order valence-electron chi connectivity index (χ3n) is 5.42. The standard InChI is InChI=1S/C17H34N2/c1-4-13-18-16(14-15-9-10-15)17(19(2)3)11-7-5-6-8-12-17/h15-16,18H,4-14H2,1-3H3. The van der Waals surface area contributed by atoms with E-state index in [1.807, 2.05) is 0 Å². The first-order valence-corrected chi connectivity index (χ1v) is 8.60. The smallest absolute Gasteiger partial charge is 0.0356 e. The zero-order valence-corrected chi connectivity index (χ0v) is 13.4. The molecule has 0 bridgehead atoms. The highest BCUT2D eigenvalue weighted by atomic mass is 15.2. The fraction of sp³-hybridized carbons (Fsp3) is 1.00. The molecule has 2 saturated carbocycles. The van der Waals surface area contributed by atoms with Crippen LogP contribution in [0.15, 0.2) is 0 Å². The lowest BCUT2D eigenvalue weighted by atomic mass is 9.79. The monoisotopic (exact) mass is 266 g/mol.